The molecule has 20 heavy (non-hydrogen) atoms. The van der Waals surface area contributed by atoms with Crippen LogP contribution < -0.4 is 5.32 Å². The number of carbonyl (C=O) groups excluding carboxylic acids is 1. The van der Waals surface area contributed by atoms with Gasteiger partial charge in [0.2, 0.25) is 0 Å². The number of carbonyl (C=O) groups is 1. The lowest BCUT2D eigenvalue weighted by molar-refractivity contribution is 0.0593. The van der Waals surface area contributed by atoms with Crippen LogP contribution in [0, 0.1) is 0 Å². The number of esters is 1. The molecule has 0 saturated carbocycles. The molecule has 1 heterocycles. The monoisotopic (exact) mass is 271 g/mol. The Kier molecular flexibility index (Phi) is 4.65. The maximum absolute atomic E-state index is 11.2. The molecule has 0 aliphatic heterocycles. The van der Waals surface area contributed by atoms with Crippen LogP contribution in [-0.2, 0) is 17.7 Å². The van der Waals surface area contributed by atoms with Gasteiger partial charge in [-0.15, -0.1) is 0 Å². The lowest BCUT2D eigenvalue weighted by Gasteiger charge is -2.09. The van der Waals surface area contributed by atoms with E-state index in [2.05, 4.69) is 39.1 Å². The van der Waals surface area contributed by atoms with Gasteiger partial charge in [0.05, 0.1) is 19.5 Å². The minimum atomic E-state index is -0.486. The zero-order chi connectivity index (χ0) is 14.4. The Bertz CT molecular complexity index is 582. The first kappa shape index (κ1) is 14.0. The SMILES string of the molecule is CCc1ccccc1CNc1cnc(C(=O)OC)cn1. The summed E-state index contributed by atoms with van der Waals surface area (Å²) in [6.45, 7) is 2.81. The predicted octanol–water partition coefficient (Wildman–Crippen LogP) is 2.44. The number of hydrogen-bond acceptors (Lipinski definition) is 5. The Labute approximate surface area is 118 Å². The van der Waals surface area contributed by atoms with Gasteiger partial charge in [-0.2, -0.15) is 0 Å². The van der Waals surface area contributed by atoms with Crippen molar-refractivity contribution in [1.29, 1.82) is 0 Å². The molecule has 2 rings (SSSR count). The third kappa shape index (κ3) is 3.32. The van der Waals surface area contributed by atoms with Crippen molar-refractivity contribution >= 4 is 11.8 Å². The summed E-state index contributed by atoms with van der Waals surface area (Å²) in [6.07, 6.45) is 3.92. The van der Waals surface area contributed by atoms with Crippen LogP contribution in [0.3, 0.4) is 0 Å². The van der Waals surface area contributed by atoms with Crippen LogP contribution in [0.15, 0.2) is 36.7 Å². The Morgan fingerprint density at radius 2 is 1.95 bits per heavy atom. The molecule has 1 aromatic carbocycles. The highest BCUT2D eigenvalue weighted by Crippen LogP contribution is 2.11. The Hall–Kier alpha value is -2.43. The standard InChI is InChI=1S/C15H17N3O2/c1-3-11-6-4-5-7-12(11)8-17-14-10-16-13(9-18-14)15(19)20-2/h4-7,9-10H,3,8H2,1-2H3,(H,17,18). The molecule has 0 bridgehead atoms. The summed E-state index contributed by atoms with van der Waals surface area (Å²) in [5.74, 6) is 0.143. The summed E-state index contributed by atoms with van der Waals surface area (Å²) in [6, 6.07) is 8.25. The normalized spacial score (nSPS) is 10.1. The zero-order valence-corrected chi connectivity index (χ0v) is 11.6. The summed E-state index contributed by atoms with van der Waals surface area (Å²) in [5, 5.41) is 3.19. The van der Waals surface area contributed by atoms with E-state index in [4.69, 9.17) is 0 Å². The lowest BCUT2D eigenvalue weighted by atomic mass is 10.1. The van der Waals surface area contributed by atoms with Crippen molar-refractivity contribution in [2.24, 2.45) is 0 Å². The predicted molar refractivity (Wildman–Crippen MR) is 76.5 cm³/mol. The first-order chi connectivity index (χ1) is 9.74. The largest absolute Gasteiger partial charge is 0.464 e. The van der Waals surface area contributed by atoms with Crippen molar-refractivity contribution in [3.05, 3.63) is 53.5 Å². The number of benzene rings is 1. The molecule has 1 aromatic heterocycles. The van der Waals surface area contributed by atoms with E-state index < -0.39 is 5.97 Å². The van der Waals surface area contributed by atoms with E-state index in [-0.39, 0.29) is 5.69 Å². The van der Waals surface area contributed by atoms with Crippen LogP contribution in [-0.4, -0.2) is 23.0 Å². The molecule has 0 atom stereocenters. The van der Waals surface area contributed by atoms with E-state index in [0.717, 1.165) is 6.42 Å². The molecule has 5 nitrogen and oxygen atoms in total. The van der Waals surface area contributed by atoms with E-state index in [1.54, 1.807) is 0 Å². The number of ether oxygens (including phenoxy) is 1. The smallest absolute Gasteiger partial charge is 0.358 e. The third-order valence-corrected chi connectivity index (χ3v) is 3.01. The van der Waals surface area contributed by atoms with Gasteiger partial charge in [-0.05, 0) is 17.5 Å². The van der Waals surface area contributed by atoms with E-state index in [1.807, 2.05) is 12.1 Å². The minimum Gasteiger partial charge on any atom is -0.464 e. The van der Waals surface area contributed by atoms with Gasteiger partial charge in [-0.1, -0.05) is 31.2 Å². The quantitative estimate of drug-likeness (QED) is 0.846. The van der Waals surface area contributed by atoms with Gasteiger partial charge in [0.15, 0.2) is 5.69 Å². The van der Waals surface area contributed by atoms with Crippen molar-refractivity contribution in [1.82, 2.24) is 9.97 Å². The molecular weight excluding hydrogens is 254 g/mol. The van der Waals surface area contributed by atoms with Gasteiger partial charge < -0.3 is 10.1 Å². The van der Waals surface area contributed by atoms with Crippen LogP contribution in [0.1, 0.15) is 28.5 Å². The summed E-state index contributed by atoms with van der Waals surface area (Å²) >= 11 is 0. The first-order valence-electron chi connectivity index (χ1n) is 6.45. The van der Waals surface area contributed by atoms with Crippen molar-refractivity contribution in [3.63, 3.8) is 0 Å². The number of aryl methyl sites for hydroxylation is 1. The average molecular weight is 271 g/mol. The first-order valence-corrected chi connectivity index (χ1v) is 6.45. The molecular formula is C15H17N3O2. The second-order valence-electron chi connectivity index (χ2n) is 4.25. The highest BCUT2D eigenvalue weighted by molar-refractivity contribution is 5.86. The zero-order valence-electron chi connectivity index (χ0n) is 11.6. The van der Waals surface area contributed by atoms with Crippen LogP contribution >= 0.6 is 0 Å². The molecule has 1 N–H and O–H groups in total. The molecule has 0 saturated heterocycles. The number of hydrogen-bond donors (Lipinski definition) is 1. The summed E-state index contributed by atoms with van der Waals surface area (Å²) < 4.78 is 4.57. The van der Waals surface area contributed by atoms with Gasteiger partial charge in [0.1, 0.15) is 5.82 Å². The van der Waals surface area contributed by atoms with E-state index in [9.17, 15) is 4.79 Å². The molecule has 0 aliphatic carbocycles. The van der Waals surface area contributed by atoms with E-state index >= 15 is 0 Å². The number of anilines is 1. The van der Waals surface area contributed by atoms with Crippen LogP contribution in [0.4, 0.5) is 5.82 Å². The van der Waals surface area contributed by atoms with Crippen LogP contribution in [0.2, 0.25) is 0 Å². The summed E-state index contributed by atoms with van der Waals surface area (Å²) in [4.78, 5) is 19.4. The molecule has 2 aromatic rings. The Morgan fingerprint density at radius 1 is 1.20 bits per heavy atom. The second kappa shape index (κ2) is 6.65. The highest BCUT2D eigenvalue weighted by atomic mass is 16.5. The molecule has 0 fully saturated rings. The maximum atomic E-state index is 11.2. The molecule has 0 unspecified atom stereocenters. The Balaban J connectivity index is 2.02. The fourth-order valence-corrected chi connectivity index (χ4v) is 1.89. The van der Waals surface area contributed by atoms with Crippen LogP contribution in [0.5, 0.6) is 0 Å². The third-order valence-electron chi connectivity index (χ3n) is 3.01. The molecule has 0 amide bonds. The highest BCUT2D eigenvalue weighted by Gasteiger charge is 2.07. The van der Waals surface area contributed by atoms with Crippen molar-refractivity contribution in [2.75, 3.05) is 12.4 Å². The number of aromatic nitrogens is 2. The van der Waals surface area contributed by atoms with E-state index in [0.29, 0.717) is 12.4 Å². The van der Waals surface area contributed by atoms with Gasteiger partial charge in [0.25, 0.3) is 0 Å². The lowest BCUT2D eigenvalue weighted by Crippen LogP contribution is -2.08. The number of nitrogens with one attached hydrogen (secondary N) is 1. The molecule has 0 aliphatic rings. The second-order valence-corrected chi connectivity index (χ2v) is 4.25. The topological polar surface area (TPSA) is 64.1 Å². The molecule has 0 radical (unpaired) electrons. The van der Waals surface area contributed by atoms with Crippen LogP contribution in [0.25, 0.3) is 0 Å². The van der Waals surface area contributed by atoms with Crippen molar-refractivity contribution in [2.45, 2.75) is 19.9 Å². The fourth-order valence-electron chi connectivity index (χ4n) is 1.89. The van der Waals surface area contributed by atoms with Crippen molar-refractivity contribution < 1.29 is 9.53 Å². The average Bonchev–Trinajstić information content (AvgIpc) is 2.53. The summed E-state index contributed by atoms with van der Waals surface area (Å²) in [5.41, 5.74) is 2.74. The molecule has 104 valence electrons. The Morgan fingerprint density at radius 3 is 2.55 bits per heavy atom. The van der Waals surface area contributed by atoms with Gasteiger partial charge in [-0.3, -0.25) is 0 Å². The summed E-state index contributed by atoms with van der Waals surface area (Å²) in [7, 11) is 1.32. The maximum Gasteiger partial charge on any atom is 0.358 e. The number of methoxy groups -OCH3 is 1. The molecule has 0 spiro atoms. The fraction of sp³-hybridized carbons (Fsp3) is 0.267. The number of nitrogens with zero attached hydrogens (tertiary/aromatic N) is 2. The van der Waals surface area contributed by atoms with Crippen molar-refractivity contribution in [3.8, 4) is 0 Å². The van der Waals surface area contributed by atoms with Gasteiger partial charge in [-0.25, -0.2) is 14.8 Å². The number of rotatable bonds is 5. The van der Waals surface area contributed by atoms with Gasteiger partial charge in [0, 0.05) is 6.54 Å². The van der Waals surface area contributed by atoms with E-state index in [1.165, 1.54) is 30.6 Å². The minimum absolute atomic E-state index is 0.201. The molecule has 5 heteroatoms. The van der Waals surface area contributed by atoms with Gasteiger partial charge >= 0.3 is 5.97 Å².